The minimum Gasteiger partial charge on any atom is -0.497 e. The van der Waals surface area contributed by atoms with Crippen molar-refractivity contribution in [2.45, 2.75) is 11.4 Å². The molecule has 11 nitrogen and oxygen atoms in total. The molecule has 0 saturated heterocycles. The summed E-state index contributed by atoms with van der Waals surface area (Å²) in [6.45, 7) is -0.271. The molecular formula is C22H22N6O5S. The number of ether oxygens (including phenoxy) is 1. The van der Waals surface area contributed by atoms with Crippen LogP contribution in [0.25, 0.3) is 16.7 Å². The van der Waals surface area contributed by atoms with Crippen molar-refractivity contribution >= 4 is 32.7 Å². The molecule has 0 bridgehead atoms. The fourth-order valence-corrected chi connectivity index (χ4v) is 4.15. The monoisotopic (exact) mass is 482 g/mol. The smallest absolute Gasteiger partial charge is 0.264 e. The van der Waals surface area contributed by atoms with Gasteiger partial charge in [-0.05, 0) is 48.5 Å². The molecule has 1 N–H and O–H groups in total. The maximum atomic E-state index is 12.9. The SMILES string of the molecule is COc1ccc(-n2ncc3c(=O)n(CC(=O)Nc4ccc(S(=O)(=O)N(C)C)cc4)cnc32)cc1. The Hall–Kier alpha value is -4.03. The summed E-state index contributed by atoms with van der Waals surface area (Å²) in [5, 5.41) is 7.17. The highest BCUT2D eigenvalue weighted by Gasteiger charge is 2.17. The Kier molecular flexibility index (Phi) is 6.18. The normalized spacial score (nSPS) is 11.6. The molecule has 0 fully saturated rings. The van der Waals surface area contributed by atoms with Gasteiger partial charge >= 0.3 is 0 Å². The molecule has 0 aliphatic carbocycles. The van der Waals surface area contributed by atoms with Crippen molar-refractivity contribution < 1.29 is 17.9 Å². The summed E-state index contributed by atoms with van der Waals surface area (Å²) in [6, 6.07) is 12.9. The largest absolute Gasteiger partial charge is 0.497 e. The zero-order valence-electron chi connectivity index (χ0n) is 18.7. The number of fused-ring (bicyclic) bond motifs is 1. The highest BCUT2D eigenvalue weighted by Crippen LogP contribution is 2.18. The van der Waals surface area contributed by atoms with Crippen molar-refractivity contribution in [2.75, 3.05) is 26.5 Å². The number of anilines is 1. The standard InChI is InChI=1S/C22H22N6O5S/c1-26(2)34(31,32)18-10-4-15(5-11-18)25-20(29)13-27-14-23-21-19(22(27)30)12-24-28(21)16-6-8-17(33-3)9-7-16/h4-12,14H,13H2,1-3H3,(H,25,29). The van der Waals surface area contributed by atoms with Crippen LogP contribution in [0.2, 0.25) is 0 Å². The van der Waals surface area contributed by atoms with Crippen molar-refractivity contribution in [3.63, 3.8) is 0 Å². The summed E-state index contributed by atoms with van der Waals surface area (Å²) in [5.74, 6) is 0.226. The summed E-state index contributed by atoms with van der Waals surface area (Å²) in [4.78, 5) is 29.8. The van der Waals surface area contributed by atoms with Crippen LogP contribution in [0.15, 0.2) is 70.7 Å². The van der Waals surface area contributed by atoms with Gasteiger partial charge in [0.1, 0.15) is 24.0 Å². The molecule has 2 aromatic carbocycles. The highest BCUT2D eigenvalue weighted by atomic mass is 32.2. The summed E-state index contributed by atoms with van der Waals surface area (Å²) < 4.78 is 33.3. The van der Waals surface area contributed by atoms with E-state index in [1.807, 2.05) is 0 Å². The van der Waals surface area contributed by atoms with Crippen LogP contribution < -0.4 is 15.6 Å². The summed E-state index contributed by atoms with van der Waals surface area (Å²) in [6.07, 6.45) is 2.70. The Morgan fingerprint density at radius 1 is 1.09 bits per heavy atom. The quantitative estimate of drug-likeness (QED) is 0.422. The number of nitrogens with zero attached hydrogens (tertiary/aromatic N) is 5. The van der Waals surface area contributed by atoms with E-state index in [2.05, 4.69) is 15.4 Å². The van der Waals surface area contributed by atoms with Crippen LogP contribution in [0.1, 0.15) is 0 Å². The first-order chi connectivity index (χ1) is 16.2. The Morgan fingerprint density at radius 2 is 1.76 bits per heavy atom. The highest BCUT2D eigenvalue weighted by molar-refractivity contribution is 7.89. The van der Waals surface area contributed by atoms with Crippen LogP contribution in [0.4, 0.5) is 5.69 Å². The van der Waals surface area contributed by atoms with Crippen LogP contribution in [0, 0.1) is 0 Å². The van der Waals surface area contributed by atoms with E-state index in [9.17, 15) is 18.0 Å². The number of aromatic nitrogens is 4. The first kappa shape index (κ1) is 23.1. The van der Waals surface area contributed by atoms with Gasteiger partial charge in [-0.25, -0.2) is 22.4 Å². The van der Waals surface area contributed by atoms with E-state index >= 15 is 0 Å². The molecule has 4 aromatic rings. The van der Waals surface area contributed by atoms with Gasteiger partial charge in [0.25, 0.3) is 5.56 Å². The van der Waals surface area contributed by atoms with Crippen molar-refractivity contribution in [1.29, 1.82) is 0 Å². The lowest BCUT2D eigenvalue weighted by atomic mass is 10.3. The topological polar surface area (TPSA) is 128 Å². The van der Waals surface area contributed by atoms with E-state index in [0.29, 0.717) is 22.8 Å². The minimum atomic E-state index is -3.57. The fourth-order valence-electron chi connectivity index (χ4n) is 3.25. The number of benzene rings is 2. The molecule has 34 heavy (non-hydrogen) atoms. The van der Waals surface area contributed by atoms with Gasteiger partial charge in [0.05, 0.1) is 23.9 Å². The van der Waals surface area contributed by atoms with Crippen molar-refractivity contribution in [3.8, 4) is 11.4 Å². The Bertz CT molecular complexity index is 1510. The number of sulfonamides is 1. The molecule has 2 aromatic heterocycles. The summed E-state index contributed by atoms with van der Waals surface area (Å²) in [7, 11) is 0.884. The lowest BCUT2D eigenvalue weighted by Crippen LogP contribution is -2.28. The van der Waals surface area contributed by atoms with E-state index in [0.717, 1.165) is 4.31 Å². The van der Waals surface area contributed by atoms with Gasteiger partial charge < -0.3 is 10.1 Å². The summed E-state index contributed by atoms with van der Waals surface area (Å²) in [5.41, 5.74) is 1.06. The minimum absolute atomic E-state index is 0.107. The molecule has 1 amide bonds. The number of carbonyl (C=O) groups is 1. The molecule has 12 heteroatoms. The van der Waals surface area contributed by atoms with Crippen LogP contribution in [0.3, 0.4) is 0 Å². The molecule has 0 aliphatic heterocycles. The van der Waals surface area contributed by atoms with Gasteiger partial charge in [-0.1, -0.05) is 0 Å². The molecule has 0 spiro atoms. The van der Waals surface area contributed by atoms with Gasteiger partial charge in [0.2, 0.25) is 15.9 Å². The summed E-state index contributed by atoms with van der Waals surface area (Å²) >= 11 is 0. The van der Waals surface area contributed by atoms with E-state index < -0.39 is 21.5 Å². The first-order valence-corrected chi connectivity index (χ1v) is 11.5. The average molecular weight is 483 g/mol. The second kappa shape index (κ2) is 9.08. The number of hydrogen-bond acceptors (Lipinski definition) is 7. The van der Waals surface area contributed by atoms with Crippen molar-refractivity contribution in [2.24, 2.45) is 0 Å². The third-order valence-corrected chi connectivity index (χ3v) is 6.93. The molecule has 0 unspecified atom stereocenters. The van der Waals surface area contributed by atoms with Crippen LogP contribution >= 0.6 is 0 Å². The van der Waals surface area contributed by atoms with E-state index in [1.165, 1.54) is 60.1 Å². The third kappa shape index (κ3) is 4.40. The van der Waals surface area contributed by atoms with Gasteiger partial charge in [0.15, 0.2) is 5.65 Å². The number of amides is 1. The van der Waals surface area contributed by atoms with E-state index in [1.54, 1.807) is 31.4 Å². The Balaban J connectivity index is 1.51. The molecule has 0 atom stereocenters. The lowest BCUT2D eigenvalue weighted by Gasteiger charge is -2.12. The molecule has 4 rings (SSSR count). The molecule has 0 radical (unpaired) electrons. The number of hydrogen-bond donors (Lipinski definition) is 1. The van der Waals surface area contributed by atoms with Crippen LogP contribution in [-0.4, -0.2) is 59.2 Å². The zero-order chi connectivity index (χ0) is 24.5. The Labute approximate surface area is 195 Å². The second-order valence-corrected chi connectivity index (χ2v) is 9.68. The number of carbonyl (C=O) groups excluding carboxylic acids is 1. The van der Waals surface area contributed by atoms with Gasteiger partial charge in [-0.3, -0.25) is 14.2 Å². The average Bonchev–Trinajstić information content (AvgIpc) is 3.26. The van der Waals surface area contributed by atoms with E-state index in [-0.39, 0.29) is 16.8 Å². The van der Waals surface area contributed by atoms with Crippen LogP contribution in [0.5, 0.6) is 5.75 Å². The lowest BCUT2D eigenvalue weighted by molar-refractivity contribution is -0.116. The number of rotatable bonds is 7. The maximum Gasteiger partial charge on any atom is 0.264 e. The third-order valence-electron chi connectivity index (χ3n) is 5.10. The predicted octanol–water partition coefficient (Wildman–Crippen LogP) is 1.48. The zero-order valence-corrected chi connectivity index (χ0v) is 19.5. The van der Waals surface area contributed by atoms with E-state index in [4.69, 9.17) is 4.74 Å². The maximum absolute atomic E-state index is 12.9. The van der Waals surface area contributed by atoms with Crippen molar-refractivity contribution in [3.05, 3.63) is 71.4 Å². The molecule has 176 valence electrons. The van der Waals surface area contributed by atoms with Gasteiger partial charge in [0, 0.05) is 19.8 Å². The molecule has 0 saturated carbocycles. The number of methoxy groups -OCH3 is 1. The molecule has 2 heterocycles. The van der Waals surface area contributed by atoms with Crippen LogP contribution in [-0.2, 0) is 21.4 Å². The number of nitrogens with one attached hydrogen (secondary N) is 1. The van der Waals surface area contributed by atoms with Crippen molar-refractivity contribution in [1.82, 2.24) is 23.6 Å². The van der Waals surface area contributed by atoms with Gasteiger partial charge in [-0.15, -0.1) is 0 Å². The van der Waals surface area contributed by atoms with Gasteiger partial charge in [-0.2, -0.15) is 5.10 Å². The molecular weight excluding hydrogens is 460 g/mol. The Morgan fingerprint density at radius 3 is 2.38 bits per heavy atom. The molecule has 0 aliphatic rings. The fraction of sp³-hybridized carbons (Fsp3) is 0.182. The second-order valence-electron chi connectivity index (χ2n) is 7.53. The first-order valence-electron chi connectivity index (χ1n) is 10.1. The predicted molar refractivity (Wildman–Crippen MR) is 126 cm³/mol.